The number of thiocarbonyl (C=S) groups is 1. The molecule has 7 heteroatoms. The second-order valence-electron chi connectivity index (χ2n) is 7.92. The van der Waals surface area contributed by atoms with E-state index in [1.54, 1.807) is 25.4 Å². The van der Waals surface area contributed by atoms with E-state index in [2.05, 4.69) is 33.9 Å². The number of phenolic OH excluding ortho intramolecular Hbond substituents is 1. The van der Waals surface area contributed by atoms with Crippen LogP contribution in [0.4, 0.5) is 5.69 Å². The molecule has 2 aromatic carbocycles. The number of aromatic nitrogens is 2. The molecule has 1 fully saturated rings. The van der Waals surface area contributed by atoms with Crippen LogP contribution in [0, 0.1) is 6.92 Å². The lowest BCUT2D eigenvalue weighted by molar-refractivity contribution is 0.414. The Morgan fingerprint density at radius 1 is 0.970 bits per heavy atom. The van der Waals surface area contributed by atoms with Crippen molar-refractivity contribution in [2.45, 2.75) is 19.0 Å². The summed E-state index contributed by atoms with van der Waals surface area (Å²) in [5.74, 6) is 0.976. The lowest BCUT2D eigenvalue weighted by Crippen LogP contribution is -2.30. The number of nitrogens with one attached hydrogen (secondary N) is 1. The molecule has 6 nitrogen and oxygen atoms in total. The molecule has 0 bridgehead atoms. The summed E-state index contributed by atoms with van der Waals surface area (Å²) in [6, 6.07) is 24.9. The van der Waals surface area contributed by atoms with Gasteiger partial charge in [0.05, 0.1) is 24.5 Å². The van der Waals surface area contributed by atoms with Gasteiger partial charge in [-0.15, -0.1) is 0 Å². The SMILES string of the molecule is COc1ccc(-n2c(C)ccc2[C@@H]2[C@H](c3ccccn3)NC(=S)N2c2ccccc2O)cc1. The molecule has 4 aromatic rings. The van der Waals surface area contributed by atoms with Crippen molar-refractivity contribution < 1.29 is 9.84 Å². The number of rotatable bonds is 5. The van der Waals surface area contributed by atoms with Crippen LogP contribution in [0.15, 0.2) is 85.1 Å². The summed E-state index contributed by atoms with van der Waals surface area (Å²) in [5, 5.41) is 14.7. The van der Waals surface area contributed by atoms with Gasteiger partial charge in [-0.05, 0) is 79.8 Å². The molecule has 0 spiro atoms. The van der Waals surface area contributed by atoms with Crippen LogP contribution < -0.4 is 15.0 Å². The third kappa shape index (κ3) is 3.70. The van der Waals surface area contributed by atoms with Crippen LogP contribution in [0.2, 0.25) is 0 Å². The molecule has 33 heavy (non-hydrogen) atoms. The summed E-state index contributed by atoms with van der Waals surface area (Å²) in [6.45, 7) is 2.08. The zero-order valence-corrected chi connectivity index (χ0v) is 19.2. The van der Waals surface area contributed by atoms with Gasteiger partial charge in [-0.2, -0.15) is 0 Å². The van der Waals surface area contributed by atoms with Gasteiger partial charge in [0, 0.05) is 23.3 Å². The van der Waals surface area contributed by atoms with E-state index in [0.717, 1.165) is 28.5 Å². The first kappa shape index (κ1) is 21.0. The minimum atomic E-state index is -0.239. The third-order valence-corrected chi connectivity index (χ3v) is 6.29. The second kappa shape index (κ2) is 8.60. The van der Waals surface area contributed by atoms with E-state index in [-0.39, 0.29) is 17.8 Å². The summed E-state index contributed by atoms with van der Waals surface area (Å²) in [6.07, 6.45) is 1.79. The van der Waals surface area contributed by atoms with Gasteiger partial charge in [-0.1, -0.05) is 18.2 Å². The maximum Gasteiger partial charge on any atom is 0.174 e. The molecular weight excluding hydrogens is 432 g/mol. The number of methoxy groups -OCH3 is 1. The fourth-order valence-corrected chi connectivity index (χ4v) is 4.80. The Balaban J connectivity index is 1.70. The average molecular weight is 457 g/mol. The number of aryl methyl sites for hydroxylation is 1. The first-order valence-corrected chi connectivity index (χ1v) is 11.1. The molecule has 1 aliphatic heterocycles. The number of phenols is 1. The molecule has 0 amide bonds. The number of hydrogen-bond acceptors (Lipinski definition) is 4. The minimum Gasteiger partial charge on any atom is -0.506 e. The number of hydrogen-bond donors (Lipinski definition) is 2. The predicted molar refractivity (Wildman–Crippen MR) is 133 cm³/mol. The monoisotopic (exact) mass is 456 g/mol. The molecule has 166 valence electrons. The number of aromatic hydroxyl groups is 1. The Kier molecular flexibility index (Phi) is 5.48. The number of para-hydroxylation sites is 2. The minimum absolute atomic E-state index is 0.174. The molecule has 2 N–H and O–H groups in total. The smallest absolute Gasteiger partial charge is 0.174 e. The molecule has 0 unspecified atom stereocenters. The summed E-state index contributed by atoms with van der Waals surface area (Å²) >= 11 is 5.79. The van der Waals surface area contributed by atoms with Crippen molar-refractivity contribution in [1.82, 2.24) is 14.9 Å². The van der Waals surface area contributed by atoms with Crippen molar-refractivity contribution in [2.75, 3.05) is 12.0 Å². The lowest BCUT2D eigenvalue weighted by atomic mass is 10.0. The van der Waals surface area contributed by atoms with Crippen molar-refractivity contribution in [2.24, 2.45) is 0 Å². The number of nitrogens with zero attached hydrogens (tertiary/aromatic N) is 3. The van der Waals surface area contributed by atoms with Gasteiger partial charge in [0.2, 0.25) is 0 Å². The maximum absolute atomic E-state index is 10.7. The highest BCUT2D eigenvalue weighted by atomic mass is 32.1. The van der Waals surface area contributed by atoms with Crippen molar-refractivity contribution in [1.29, 1.82) is 0 Å². The Bertz CT molecular complexity index is 1290. The number of benzene rings is 2. The van der Waals surface area contributed by atoms with Crippen LogP contribution in [-0.4, -0.2) is 26.9 Å². The van der Waals surface area contributed by atoms with Gasteiger partial charge < -0.3 is 24.6 Å². The molecule has 5 rings (SSSR count). The predicted octanol–water partition coefficient (Wildman–Crippen LogP) is 5.07. The number of anilines is 1. The normalized spacial score (nSPS) is 17.8. The van der Waals surface area contributed by atoms with Crippen LogP contribution in [0.5, 0.6) is 11.5 Å². The summed E-state index contributed by atoms with van der Waals surface area (Å²) in [7, 11) is 1.66. The summed E-state index contributed by atoms with van der Waals surface area (Å²) in [4.78, 5) is 6.60. The van der Waals surface area contributed by atoms with E-state index < -0.39 is 0 Å². The molecular formula is C26H24N4O2S. The molecule has 2 atom stereocenters. The van der Waals surface area contributed by atoms with Crippen LogP contribution in [0.25, 0.3) is 5.69 Å². The van der Waals surface area contributed by atoms with E-state index in [1.807, 2.05) is 59.5 Å². The number of ether oxygens (including phenoxy) is 1. The number of pyridine rings is 1. The molecule has 0 saturated carbocycles. The Hall–Kier alpha value is -3.84. The Morgan fingerprint density at radius 3 is 2.42 bits per heavy atom. The standard InChI is InChI=1S/C26H24N4O2S/c1-17-10-15-22(29(17)18-11-13-19(32-2)14-12-18)25-24(20-7-5-6-16-27-20)28-26(33)30(25)21-8-3-4-9-23(21)31/h3-16,24-25,31H,1-2H3,(H,28,33)/t24-,25+/m0/s1. The van der Waals surface area contributed by atoms with Crippen molar-refractivity contribution in [3.8, 4) is 17.2 Å². The first-order chi connectivity index (χ1) is 16.1. The van der Waals surface area contributed by atoms with Crippen LogP contribution in [0.1, 0.15) is 29.2 Å². The van der Waals surface area contributed by atoms with Crippen LogP contribution >= 0.6 is 12.2 Å². The Labute approximate surface area is 198 Å². The molecule has 2 aromatic heterocycles. The van der Waals surface area contributed by atoms with Crippen molar-refractivity contribution in [3.05, 3.63) is 102 Å². The summed E-state index contributed by atoms with van der Waals surface area (Å²) in [5.41, 5.74) is 4.67. The van der Waals surface area contributed by atoms with E-state index in [1.165, 1.54) is 0 Å². The van der Waals surface area contributed by atoms with Crippen LogP contribution in [-0.2, 0) is 0 Å². The molecule has 3 heterocycles. The quantitative estimate of drug-likeness (QED) is 0.409. The highest BCUT2D eigenvalue weighted by Gasteiger charge is 2.43. The van der Waals surface area contributed by atoms with Crippen molar-refractivity contribution in [3.63, 3.8) is 0 Å². The summed E-state index contributed by atoms with van der Waals surface area (Å²) < 4.78 is 7.55. The molecule has 0 aliphatic carbocycles. The van der Waals surface area contributed by atoms with Gasteiger partial charge >= 0.3 is 0 Å². The van der Waals surface area contributed by atoms with E-state index in [4.69, 9.17) is 17.0 Å². The van der Waals surface area contributed by atoms with E-state index in [9.17, 15) is 5.11 Å². The maximum atomic E-state index is 10.7. The lowest BCUT2D eigenvalue weighted by Gasteiger charge is -2.29. The van der Waals surface area contributed by atoms with Gasteiger partial charge in [-0.3, -0.25) is 4.98 Å². The average Bonchev–Trinajstić information content (AvgIpc) is 3.39. The topological polar surface area (TPSA) is 62.5 Å². The highest BCUT2D eigenvalue weighted by molar-refractivity contribution is 7.80. The molecule has 1 aliphatic rings. The van der Waals surface area contributed by atoms with Gasteiger partial charge in [0.15, 0.2) is 5.11 Å². The fraction of sp³-hybridized carbons (Fsp3) is 0.154. The van der Waals surface area contributed by atoms with Crippen LogP contribution in [0.3, 0.4) is 0 Å². The molecule has 1 saturated heterocycles. The first-order valence-electron chi connectivity index (χ1n) is 10.7. The molecule has 0 radical (unpaired) electrons. The Morgan fingerprint density at radius 2 is 1.73 bits per heavy atom. The van der Waals surface area contributed by atoms with E-state index in [0.29, 0.717) is 10.8 Å². The van der Waals surface area contributed by atoms with Gasteiger partial charge in [-0.25, -0.2) is 0 Å². The zero-order chi connectivity index (χ0) is 22.9. The second-order valence-corrected chi connectivity index (χ2v) is 8.31. The van der Waals surface area contributed by atoms with Gasteiger partial charge in [0.25, 0.3) is 0 Å². The largest absolute Gasteiger partial charge is 0.506 e. The highest BCUT2D eigenvalue weighted by Crippen LogP contribution is 2.45. The third-order valence-electron chi connectivity index (χ3n) is 5.98. The van der Waals surface area contributed by atoms with Gasteiger partial charge in [0.1, 0.15) is 17.5 Å². The van der Waals surface area contributed by atoms with Crippen molar-refractivity contribution >= 4 is 23.0 Å². The fourth-order valence-electron chi connectivity index (χ4n) is 4.46. The van der Waals surface area contributed by atoms with E-state index >= 15 is 0 Å². The zero-order valence-electron chi connectivity index (χ0n) is 18.3.